The molecular formula is C26H37F3N4. The molecule has 4 nitrogen and oxygen atoms in total. The third kappa shape index (κ3) is 6.79. The van der Waals surface area contributed by atoms with E-state index in [0.717, 1.165) is 50.1 Å². The molecule has 5 atom stereocenters. The molecule has 33 heavy (non-hydrogen) atoms. The number of hydrogen-bond acceptors (Lipinski definition) is 4. The molecule has 0 spiro atoms. The molecule has 0 amide bonds. The summed E-state index contributed by atoms with van der Waals surface area (Å²) in [4.78, 5) is 0. The second kappa shape index (κ2) is 11.1. The van der Waals surface area contributed by atoms with Crippen molar-refractivity contribution in [2.75, 3.05) is 25.0 Å². The third-order valence-electron chi connectivity index (χ3n) is 6.91. The topological polar surface area (TPSA) is 62.1 Å². The van der Waals surface area contributed by atoms with Crippen LogP contribution in [0.1, 0.15) is 50.2 Å². The van der Waals surface area contributed by atoms with Gasteiger partial charge in [-0.15, -0.1) is 0 Å². The van der Waals surface area contributed by atoms with E-state index in [1.807, 2.05) is 0 Å². The van der Waals surface area contributed by atoms with Gasteiger partial charge < -0.3 is 21.7 Å². The van der Waals surface area contributed by atoms with Crippen LogP contribution < -0.4 is 21.7 Å². The number of anilines is 1. The van der Waals surface area contributed by atoms with Gasteiger partial charge in [0.05, 0.1) is 11.4 Å². The fourth-order valence-electron chi connectivity index (χ4n) is 5.03. The van der Waals surface area contributed by atoms with E-state index in [1.54, 1.807) is 6.07 Å². The fraction of sp³-hybridized carbons (Fsp3) is 0.538. The van der Waals surface area contributed by atoms with Crippen LogP contribution in [-0.2, 0) is 6.18 Å². The summed E-state index contributed by atoms with van der Waals surface area (Å²) < 4.78 is 40.1. The van der Waals surface area contributed by atoms with Crippen LogP contribution in [0.3, 0.4) is 0 Å². The summed E-state index contributed by atoms with van der Waals surface area (Å²) in [5.74, 6) is 1.57. The highest BCUT2D eigenvalue weighted by atomic mass is 19.4. The molecule has 182 valence electrons. The molecule has 2 aliphatic rings. The first-order valence-corrected chi connectivity index (χ1v) is 11.9. The second-order valence-electron chi connectivity index (χ2n) is 9.47. The van der Waals surface area contributed by atoms with Crippen LogP contribution >= 0.6 is 0 Å². The lowest BCUT2D eigenvalue weighted by atomic mass is 9.70. The summed E-state index contributed by atoms with van der Waals surface area (Å²) in [6.45, 7) is 10.3. The minimum Gasteiger partial charge on any atom is -0.386 e. The smallest absolute Gasteiger partial charge is 0.386 e. The molecule has 1 aliphatic heterocycles. The van der Waals surface area contributed by atoms with Crippen LogP contribution in [0, 0.1) is 17.8 Å². The van der Waals surface area contributed by atoms with Gasteiger partial charge in [0, 0.05) is 30.7 Å². The number of hydrogen-bond donors (Lipinski definition) is 4. The predicted molar refractivity (Wildman–Crippen MR) is 130 cm³/mol. The van der Waals surface area contributed by atoms with E-state index in [4.69, 9.17) is 5.73 Å². The van der Waals surface area contributed by atoms with Gasteiger partial charge in [0.15, 0.2) is 0 Å². The van der Waals surface area contributed by atoms with Crippen molar-refractivity contribution in [2.45, 2.75) is 51.2 Å². The Morgan fingerprint density at radius 3 is 2.73 bits per heavy atom. The Morgan fingerprint density at radius 2 is 2.06 bits per heavy atom. The first-order valence-electron chi connectivity index (χ1n) is 11.9. The van der Waals surface area contributed by atoms with Gasteiger partial charge in [-0.2, -0.15) is 13.2 Å². The van der Waals surface area contributed by atoms with Crippen molar-refractivity contribution in [2.24, 2.45) is 23.5 Å². The minimum atomic E-state index is -4.33. The molecule has 1 aromatic rings. The zero-order chi connectivity index (χ0) is 24.0. The standard InChI is InChI=1S/C26H37F3N4/c1-17(16-31-13-14-32-19(3)30)9-11-22-18(2)23-15-21(26(27,28)29)10-12-24(23)33-25(22)20-7-5-4-6-8-20/h4-7,10,12,15,17-18,20,22,25,31-33H,3,8-9,11,13-14,16,30H2,1-2H3/t17-,18+,20?,22-,25+/m1/s1. The molecule has 0 saturated carbocycles. The molecule has 1 heterocycles. The molecule has 1 unspecified atom stereocenters. The number of alkyl halides is 3. The number of nitrogens with one attached hydrogen (secondary N) is 3. The Labute approximate surface area is 195 Å². The van der Waals surface area contributed by atoms with Crippen LogP contribution in [0.5, 0.6) is 0 Å². The Morgan fingerprint density at radius 1 is 1.27 bits per heavy atom. The van der Waals surface area contributed by atoms with Crippen molar-refractivity contribution < 1.29 is 13.2 Å². The maximum Gasteiger partial charge on any atom is 0.416 e. The molecule has 0 radical (unpaired) electrons. The van der Waals surface area contributed by atoms with E-state index < -0.39 is 11.7 Å². The zero-order valence-corrected chi connectivity index (χ0v) is 19.6. The lowest BCUT2D eigenvalue weighted by Gasteiger charge is -2.43. The average molecular weight is 463 g/mol. The largest absolute Gasteiger partial charge is 0.416 e. The number of benzene rings is 1. The highest BCUT2D eigenvalue weighted by Crippen LogP contribution is 2.45. The van der Waals surface area contributed by atoms with Crippen molar-refractivity contribution in [3.05, 3.63) is 66.0 Å². The van der Waals surface area contributed by atoms with Gasteiger partial charge in [-0.3, -0.25) is 0 Å². The molecule has 0 saturated heterocycles. The number of fused-ring (bicyclic) bond motifs is 1. The minimum absolute atomic E-state index is 0.0489. The van der Waals surface area contributed by atoms with Gasteiger partial charge in [0.1, 0.15) is 0 Å². The summed E-state index contributed by atoms with van der Waals surface area (Å²) >= 11 is 0. The van der Waals surface area contributed by atoms with E-state index >= 15 is 0 Å². The van der Waals surface area contributed by atoms with E-state index in [2.05, 4.69) is 60.7 Å². The van der Waals surface area contributed by atoms with Crippen molar-refractivity contribution in [3.63, 3.8) is 0 Å². The molecular weight excluding hydrogens is 425 g/mol. The maximum absolute atomic E-state index is 13.4. The van der Waals surface area contributed by atoms with Crippen LogP contribution in [0.2, 0.25) is 0 Å². The predicted octanol–water partition coefficient (Wildman–Crippen LogP) is 5.38. The van der Waals surface area contributed by atoms with Gasteiger partial charge in [-0.25, -0.2) is 0 Å². The van der Waals surface area contributed by atoms with E-state index in [1.165, 1.54) is 12.1 Å². The maximum atomic E-state index is 13.4. The Balaban J connectivity index is 1.69. The second-order valence-corrected chi connectivity index (χ2v) is 9.47. The summed E-state index contributed by atoms with van der Waals surface area (Å²) in [7, 11) is 0. The normalized spacial score (nSPS) is 25.2. The first-order chi connectivity index (χ1) is 15.7. The highest BCUT2D eigenvalue weighted by molar-refractivity contribution is 5.58. The molecule has 1 aromatic carbocycles. The molecule has 3 rings (SSSR count). The van der Waals surface area contributed by atoms with Crippen molar-refractivity contribution >= 4 is 5.69 Å². The highest BCUT2D eigenvalue weighted by Gasteiger charge is 2.39. The summed E-state index contributed by atoms with van der Waals surface area (Å²) in [6.07, 6.45) is 7.14. The van der Waals surface area contributed by atoms with Gasteiger partial charge in [-0.05, 0) is 67.3 Å². The number of rotatable bonds is 10. The number of nitrogens with two attached hydrogens (primary N) is 1. The van der Waals surface area contributed by atoms with Gasteiger partial charge in [0.25, 0.3) is 0 Å². The summed E-state index contributed by atoms with van der Waals surface area (Å²) in [5, 5.41) is 10.1. The lowest BCUT2D eigenvalue weighted by Crippen LogP contribution is -2.42. The third-order valence-corrected chi connectivity index (χ3v) is 6.91. The molecule has 1 aliphatic carbocycles. The molecule has 0 bridgehead atoms. The van der Waals surface area contributed by atoms with Crippen LogP contribution in [0.25, 0.3) is 0 Å². The Hall–Kier alpha value is -2.41. The molecule has 7 heteroatoms. The molecule has 0 fully saturated rings. The van der Waals surface area contributed by atoms with Crippen LogP contribution in [0.15, 0.2) is 54.9 Å². The van der Waals surface area contributed by atoms with Gasteiger partial charge in [-0.1, -0.05) is 44.7 Å². The zero-order valence-electron chi connectivity index (χ0n) is 19.6. The van der Waals surface area contributed by atoms with E-state index in [0.29, 0.717) is 17.7 Å². The van der Waals surface area contributed by atoms with E-state index in [9.17, 15) is 13.2 Å². The SMILES string of the molecule is C=C(N)NCCNC[C@H](C)CC[C@@H]1[C@H](C)c2cc(C(F)(F)F)ccc2N[C@H]1C1C=CC=CC1. The van der Waals surface area contributed by atoms with Crippen LogP contribution in [-0.4, -0.2) is 25.7 Å². The van der Waals surface area contributed by atoms with Crippen LogP contribution in [0.4, 0.5) is 18.9 Å². The Kier molecular flexibility index (Phi) is 8.51. The van der Waals surface area contributed by atoms with Crippen molar-refractivity contribution in [1.82, 2.24) is 10.6 Å². The fourth-order valence-corrected chi connectivity index (χ4v) is 5.03. The van der Waals surface area contributed by atoms with Gasteiger partial charge in [0.2, 0.25) is 0 Å². The summed E-state index contributed by atoms with van der Waals surface area (Å²) in [6, 6.07) is 4.34. The Bertz CT molecular complexity index is 862. The molecule has 0 aromatic heterocycles. The van der Waals surface area contributed by atoms with Crippen molar-refractivity contribution in [3.8, 4) is 0 Å². The number of halogens is 3. The molecule has 5 N–H and O–H groups in total. The van der Waals surface area contributed by atoms with E-state index in [-0.39, 0.29) is 17.9 Å². The number of allylic oxidation sites excluding steroid dienone is 3. The van der Waals surface area contributed by atoms with Gasteiger partial charge >= 0.3 is 6.18 Å². The quantitative estimate of drug-likeness (QED) is 0.353. The summed E-state index contributed by atoms with van der Waals surface area (Å²) in [5.41, 5.74) is 6.55. The average Bonchev–Trinajstić information content (AvgIpc) is 2.77. The lowest BCUT2D eigenvalue weighted by molar-refractivity contribution is -0.137. The van der Waals surface area contributed by atoms with Crippen molar-refractivity contribution in [1.29, 1.82) is 0 Å². The first kappa shape index (κ1) is 25.2. The monoisotopic (exact) mass is 462 g/mol.